The molecule has 1 aliphatic heterocycles. The molecule has 1 fully saturated rings. The number of ether oxygens (including phenoxy) is 1. The third-order valence-corrected chi connectivity index (χ3v) is 6.38. The Morgan fingerprint density at radius 3 is 2.28 bits per heavy atom. The molecule has 0 aromatic carbocycles. The zero-order chi connectivity index (χ0) is 19.3. The van der Waals surface area contributed by atoms with Crippen LogP contribution in [0, 0.1) is 35.5 Å². The van der Waals surface area contributed by atoms with E-state index < -0.39 is 0 Å². The largest absolute Gasteiger partial charge is 0.462 e. The van der Waals surface area contributed by atoms with Crippen LogP contribution >= 0.6 is 0 Å². The maximum atomic E-state index is 12.5. The Balaban J connectivity index is 3.06. The molecule has 0 spiro atoms. The summed E-state index contributed by atoms with van der Waals surface area (Å²) in [6.45, 7) is 19.3. The number of rotatable bonds is 3. The van der Waals surface area contributed by atoms with Crippen molar-refractivity contribution in [2.24, 2.45) is 35.5 Å². The van der Waals surface area contributed by atoms with Gasteiger partial charge in [0.2, 0.25) is 0 Å². The van der Waals surface area contributed by atoms with Gasteiger partial charge in [0, 0.05) is 0 Å². The molecular formula is C22H40O3. The van der Waals surface area contributed by atoms with Gasteiger partial charge in [0.25, 0.3) is 0 Å². The Morgan fingerprint density at radius 1 is 1.12 bits per heavy atom. The van der Waals surface area contributed by atoms with Crippen LogP contribution in [0.5, 0.6) is 0 Å². The van der Waals surface area contributed by atoms with Crippen molar-refractivity contribution < 1.29 is 14.6 Å². The molecule has 1 N–H and O–H groups in total. The summed E-state index contributed by atoms with van der Waals surface area (Å²) in [4.78, 5) is 12.5. The SMILES string of the molecule is C=C1CC(=O)OC(C(C)CC(C)O)[C@@H](C)C(C)C(C)CC(C)CC1C. The van der Waals surface area contributed by atoms with Crippen LogP contribution in [-0.4, -0.2) is 23.3 Å². The number of aliphatic hydroxyl groups is 1. The van der Waals surface area contributed by atoms with Gasteiger partial charge in [-0.15, -0.1) is 0 Å². The summed E-state index contributed by atoms with van der Waals surface area (Å²) in [6, 6.07) is 0. The fourth-order valence-corrected chi connectivity index (χ4v) is 4.50. The smallest absolute Gasteiger partial charge is 0.310 e. The first-order valence-electron chi connectivity index (χ1n) is 10.1. The number of esters is 1. The first kappa shape index (κ1) is 22.2. The van der Waals surface area contributed by atoms with Crippen molar-refractivity contribution in [2.45, 2.75) is 86.4 Å². The number of hydrogen-bond acceptors (Lipinski definition) is 3. The van der Waals surface area contributed by atoms with E-state index in [0.29, 0.717) is 36.5 Å². The lowest BCUT2D eigenvalue weighted by molar-refractivity contribution is -0.156. The van der Waals surface area contributed by atoms with Crippen LogP contribution < -0.4 is 0 Å². The summed E-state index contributed by atoms with van der Waals surface area (Å²) in [5, 5.41) is 9.79. The molecule has 1 rings (SSSR count). The van der Waals surface area contributed by atoms with Gasteiger partial charge < -0.3 is 9.84 Å². The van der Waals surface area contributed by atoms with E-state index in [1.807, 2.05) is 0 Å². The van der Waals surface area contributed by atoms with E-state index in [4.69, 9.17) is 4.74 Å². The first-order chi connectivity index (χ1) is 11.5. The lowest BCUT2D eigenvalue weighted by Crippen LogP contribution is -2.38. The molecule has 0 amide bonds. The summed E-state index contributed by atoms with van der Waals surface area (Å²) >= 11 is 0. The number of carbonyl (C=O) groups is 1. The highest BCUT2D eigenvalue weighted by Gasteiger charge is 2.34. The molecule has 0 aromatic rings. The molecule has 0 bridgehead atoms. The summed E-state index contributed by atoms with van der Waals surface area (Å²) in [6.07, 6.45) is 2.69. The van der Waals surface area contributed by atoms with E-state index in [1.54, 1.807) is 6.92 Å². The molecule has 146 valence electrons. The highest BCUT2D eigenvalue weighted by atomic mass is 16.5. The average molecular weight is 353 g/mol. The second-order valence-corrected chi connectivity index (χ2v) is 9.02. The molecule has 8 atom stereocenters. The normalized spacial score (nSPS) is 38.2. The van der Waals surface area contributed by atoms with Crippen LogP contribution in [0.15, 0.2) is 12.2 Å². The van der Waals surface area contributed by atoms with Crippen LogP contribution in [0.3, 0.4) is 0 Å². The molecular weight excluding hydrogens is 312 g/mol. The monoisotopic (exact) mass is 352 g/mol. The molecule has 0 aliphatic carbocycles. The van der Waals surface area contributed by atoms with Crippen LogP contribution in [0.25, 0.3) is 0 Å². The molecule has 25 heavy (non-hydrogen) atoms. The quantitative estimate of drug-likeness (QED) is 0.559. The van der Waals surface area contributed by atoms with E-state index in [-0.39, 0.29) is 30.0 Å². The number of cyclic esters (lactones) is 1. The van der Waals surface area contributed by atoms with Gasteiger partial charge in [0.15, 0.2) is 0 Å². The van der Waals surface area contributed by atoms with Crippen molar-refractivity contribution in [1.29, 1.82) is 0 Å². The fourth-order valence-electron chi connectivity index (χ4n) is 4.50. The Kier molecular flexibility index (Phi) is 8.67. The number of hydrogen-bond donors (Lipinski definition) is 1. The van der Waals surface area contributed by atoms with Gasteiger partial charge in [0.1, 0.15) is 6.10 Å². The van der Waals surface area contributed by atoms with E-state index in [2.05, 4.69) is 48.1 Å². The van der Waals surface area contributed by atoms with Gasteiger partial charge >= 0.3 is 5.97 Å². The van der Waals surface area contributed by atoms with Gasteiger partial charge in [-0.05, 0) is 61.7 Å². The minimum atomic E-state index is -0.384. The zero-order valence-corrected chi connectivity index (χ0v) is 17.4. The molecule has 0 radical (unpaired) electrons. The van der Waals surface area contributed by atoms with Crippen LogP contribution in [0.4, 0.5) is 0 Å². The molecule has 0 saturated carbocycles. The molecule has 1 aliphatic rings. The maximum Gasteiger partial charge on any atom is 0.310 e. The first-order valence-corrected chi connectivity index (χ1v) is 10.1. The van der Waals surface area contributed by atoms with E-state index in [0.717, 1.165) is 12.0 Å². The van der Waals surface area contributed by atoms with Crippen LogP contribution in [0.1, 0.15) is 74.1 Å². The third kappa shape index (κ3) is 6.77. The van der Waals surface area contributed by atoms with Crippen LogP contribution in [-0.2, 0) is 9.53 Å². The second-order valence-electron chi connectivity index (χ2n) is 9.02. The van der Waals surface area contributed by atoms with Gasteiger partial charge in [-0.25, -0.2) is 0 Å². The topological polar surface area (TPSA) is 46.5 Å². The van der Waals surface area contributed by atoms with Crippen molar-refractivity contribution in [1.82, 2.24) is 0 Å². The maximum absolute atomic E-state index is 12.5. The minimum absolute atomic E-state index is 0.139. The average Bonchev–Trinajstić information content (AvgIpc) is 2.49. The summed E-state index contributed by atoms with van der Waals surface area (Å²) in [5.74, 6) is 2.25. The standard InChI is InChI=1S/C22H40O3/c1-13-9-14(2)15(3)12-21(24)25-22(17(5)11-18(6)23)20(8)19(7)16(4)10-13/h13-14,16-20,22-23H,3,9-12H2,1-2,4-8H3/t13?,14?,16?,17?,18?,19?,20-,22?/m0/s1. The zero-order valence-electron chi connectivity index (χ0n) is 17.4. The van der Waals surface area contributed by atoms with Crippen LogP contribution in [0.2, 0.25) is 0 Å². The number of aliphatic hydroxyl groups excluding tert-OH is 1. The minimum Gasteiger partial charge on any atom is -0.462 e. The summed E-state index contributed by atoms with van der Waals surface area (Å²) in [7, 11) is 0. The lowest BCUT2D eigenvalue weighted by Gasteiger charge is -2.37. The van der Waals surface area contributed by atoms with Crippen molar-refractivity contribution in [3.05, 3.63) is 12.2 Å². The molecule has 3 nitrogen and oxygen atoms in total. The van der Waals surface area contributed by atoms with E-state index in [1.165, 1.54) is 6.42 Å². The molecule has 1 heterocycles. The van der Waals surface area contributed by atoms with E-state index in [9.17, 15) is 9.90 Å². The second kappa shape index (κ2) is 9.75. The van der Waals surface area contributed by atoms with Crippen molar-refractivity contribution in [3.8, 4) is 0 Å². The number of carbonyl (C=O) groups excluding carboxylic acids is 1. The Bertz CT molecular complexity index is 443. The summed E-state index contributed by atoms with van der Waals surface area (Å²) < 4.78 is 5.95. The van der Waals surface area contributed by atoms with Crippen molar-refractivity contribution in [2.75, 3.05) is 0 Å². The molecule has 3 heteroatoms. The predicted molar refractivity (Wildman–Crippen MR) is 104 cm³/mol. The van der Waals surface area contributed by atoms with Gasteiger partial charge in [-0.1, -0.05) is 53.7 Å². The fraction of sp³-hybridized carbons (Fsp3) is 0.864. The van der Waals surface area contributed by atoms with Crippen molar-refractivity contribution in [3.63, 3.8) is 0 Å². The Hall–Kier alpha value is -0.830. The molecule has 7 unspecified atom stereocenters. The lowest BCUT2D eigenvalue weighted by atomic mass is 9.73. The van der Waals surface area contributed by atoms with Gasteiger partial charge in [0.05, 0.1) is 12.5 Å². The summed E-state index contributed by atoms with van der Waals surface area (Å²) in [5.41, 5.74) is 0.979. The molecule has 1 saturated heterocycles. The third-order valence-electron chi connectivity index (χ3n) is 6.38. The van der Waals surface area contributed by atoms with Gasteiger partial charge in [-0.3, -0.25) is 4.79 Å². The highest BCUT2D eigenvalue weighted by molar-refractivity contribution is 5.72. The molecule has 0 aromatic heterocycles. The van der Waals surface area contributed by atoms with E-state index >= 15 is 0 Å². The Labute approximate surface area is 155 Å². The van der Waals surface area contributed by atoms with Gasteiger partial charge in [-0.2, -0.15) is 0 Å². The Morgan fingerprint density at radius 2 is 1.72 bits per heavy atom. The van der Waals surface area contributed by atoms with Crippen molar-refractivity contribution >= 4 is 5.97 Å². The predicted octanol–water partition coefficient (Wildman–Crippen LogP) is 5.23. The highest BCUT2D eigenvalue weighted by Crippen LogP contribution is 2.36.